The standard InChI is InChI=1S/C14H21FN2/c1-10-6-12(8-14(2,3)7-10)17-11-4-5-13(15)16-9-11/h4-5,9-10,12,17H,6-8H2,1-3H3. The van der Waals surface area contributed by atoms with Crippen molar-refractivity contribution in [3.05, 3.63) is 24.3 Å². The number of pyridine rings is 1. The molecule has 0 saturated heterocycles. The Bertz CT molecular complexity index is 372. The molecule has 1 aliphatic carbocycles. The van der Waals surface area contributed by atoms with Crippen LogP contribution in [0, 0.1) is 17.3 Å². The predicted octanol–water partition coefficient (Wildman–Crippen LogP) is 3.85. The summed E-state index contributed by atoms with van der Waals surface area (Å²) in [4.78, 5) is 3.67. The van der Waals surface area contributed by atoms with Gasteiger partial charge < -0.3 is 5.32 Å². The lowest BCUT2D eigenvalue weighted by Gasteiger charge is -2.39. The van der Waals surface area contributed by atoms with Crippen molar-refractivity contribution in [1.82, 2.24) is 4.98 Å². The summed E-state index contributed by atoms with van der Waals surface area (Å²) in [6.07, 6.45) is 5.20. The average molecular weight is 236 g/mol. The minimum Gasteiger partial charge on any atom is -0.381 e. The van der Waals surface area contributed by atoms with Gasteiger partial charge in [-0.05, 0) is 42.7 Å². The van der Waals surface area contributed by atoms with Crippen LogP contribution in [0.5, 0.6) is 0 Å². The van der Waals surface area contributed by atoms with Crippen LogP contribution in [0.4, 0.5) is 10.1 Å². The molecule has 0 bridgehead atoms. The Morgan fingerprint density at radius 3 is 2.71 bits per heavy atom. The van der Waals surface area contributed by atoms with Crippen LogP contribution >= 0.6 is 0 Å². The number of nitrogens with one attached hydrogen (secondary N) is 1. The van der Waals surface area contributed by atoms with Gasteiger partial charge in [-0.2, -0.15) is 4.39 Å². The smallest absolute Gasteiger partial charge is 0.212 e. The van der Waals surface area contributed by atoms with E-state index in [1.54, 1.807) is 12.3 Å². The van der Waals surface area contributed by atoms with Crippen LogP contribution in [0.25, 0.3) is 0 Å². The van der Waals surface area contributed by atoms with Crippen LogP contribution in [0.2, 0.25) is 0 Å². The molecule has 2 unspecified atom stereocenters. The van der Waals surface area contributed by atoms with Crippen LogP contribution in [0.3, 0.4) is 0 Å². The zero-order valence-corrected chi connectivity index (χ0v) is 10.8. The molecule has 2 rings (SSSR count). The fourth-order valence-electron chi connectivity index (χ4n) is 3.15. The van der Waals surface area contributed by atoms with E-state index in [9.17, 15) is 4.39 Å². The molecule has 2 nitrogen and oxygen atoms in total. The fourth-order valence-corrected chi connectivity index (χ4v) is 3.15. The van der Waals surface area contributed by atoms with Crippen LogP contribution in [0.15, 0.2) is 18.3 Å². The van der Waals surface area contributed by atoms with E-state index in [-0.39, 0.29) is 0 Å². The molecule has 1 aromatic rings. The fraction of sp³-hybridized carbons (Fsp3) is 0.643. The molecule has 1 heterocycles. The van der Waals surface area contributed by atoms with E-state index in [1.165, 1.54) is 18.9 Å². The maximum Gasteiger partial charge on any atom is 0.212 e. The van der Waals surface area contributed by atoms with Gasteiger partial charge in [-0.1, -0.05) is 20.8 Å². The van der Waals surface area contributed by atoms with E-state index in [0.29, 0.717) is 11.5 Å². The number of aromatic nitrogens is 1. The molecule has 1 aliphatic rings. The van der Waals surface area contributed by atoms with Crippen molar-refractivity contribution in [2.75, 3.05) is 5.32 Å². The summed E-state index contributed by atoms with van der Waals surface area (Å²) in [5.41, 5.74) is 1.31. The largest absolute Gasteiger partial charge is 0.381 e. The highest BCUT2D eigenvalue weighted by atomic mass is 19.1. The summed E-state index contributed by atoms with van der Waals surface area (Å²) in [6, 6.07) is 3.63. The van der Waals surface area contributed by atoms with Crippen molar-refractivity contribution in [2.45, 2.75) is 46.1 Å². The highest BCUT2D eigenvalue weighted by molar-refractivity contribution is 5.41. The van der Waals surface area contributed by atoms with Gasteiger partial charge in [0, 0.05) is 6.04 Å². The first-order chi connectivity index (χ1) is 7.94. The van der Waals surface area contributed by atoms with Crippen molar-refractivity contribution in [2.24, 2.45) is 11.3 Å². The minimum atomic E-state index is -0.423. The zero-order valence-electron chi connectivity index (χ0n) is 10.8. The summed E-state index contributed by atoms with van der Waals surface area (Å²) < 4.78 is 12.7. The summed E-state index contributed by atoms with van der Waals surface area (Å²) >= 11 is 0. The Kier molecular flexibility index (Phi) is 3.36. The van der Waals surface area contributed by atoms with Crippen molar-refractivity contribution >= 4 is 5.69 Å². The molecule has 1 aromatic heterocycles. The van der Waals surface area contributed by atoms with E-state index in [2.05, 4.69) is 31.1 Å². The number of anilines is 1. The van der Waals surface area contributed by atoms with Gasteiger partial charge in [-0.15, -0.1) is 0 Å². The minimum absolute atomic E-state index is 0.392. The van der Waals surface area contributed by atoms with Crippen LogP contribution in [0.1, 0.15) is 40.0 Å². The topological polar surface area (TPSA) is 24.9 Å². The van der Waals surface area contributed by atoms with E-state index >= 15 is 0 Å². The van der Waals surface area contributed by atoms with Gasteiger partial charge >= 0.3 is 0 Å². The normalized spacial score (nSPS) is 27.8. The summed E-state index contributed by atoms with van der Waals surface area (Å²) in [5, 5.41) is 3.46. The van der Waals surface area contributed by atoms with Crippen molar-refractivity contribution in [3.8, 4) is 0 Å². The lowest BCUT2D eigenvalue weighted by Crippen LogP contribution is -2.35. The second-order valence-corrected chi connectivity index (χ2v) is 6.12. The number of hydrogen-bond acceptors (Lipinski definition) is 2. The van der Waals surface area contributed by atoms with Gasteiger partial charge in [0.15, 0.2) is 0 Å². The van der Waals surface area contributed by atoms with Gasteiger partial charge in [0.2, 0.25) is 5.95 Å². The quantitative estimate of drug-likeness (QED) is 0.789. The molecule has 0 aromatic carbocycles. The van der Waals surface area contributed by atoms with Crippen molar-refractivity contribution < 1.29 is 4.39 Å². The van der Waals surface area contributed by atoms with E-state index in [1.807, 2.05) is 0 Å². The Hall–Kier alpha value is -1.12. The Balaban J connectivity index is 2.01. The molecule has 3 heteroatoms. The van der Waals surface area contributed by atoms with E-state index < -0.39 is 5.95 Å². The van der Waals surface area contributed by atoms with Crippen molar-refractivity contribution in [3.63, 3.8) is 0 Å². The second-order valence-electron chi connectivity index (χ2n) is 6.12. The van der Waals surface area contributed by atoms with Crippen LogP contribution < -0.4 is 5.32 Å². The lowest BCUT2D eigenvalue weighted by molar-refractivity contribution is 0.178. The molecule has 17 heavy (non-hydrogen) atoms. The highest BCUT2D eigenvalue weighted by Crippen LogP contribution is 2.39. The molecule has 1 saturated carbocycles. The maximum atomic E-state index is 12.7. The predicted molar refractivity (Wildman–Crippen MR) is 68.4 cm³/mol. The van der Waals surface area contributed by atoms with Gasteiger partial charge in [-0.3, -0.25) is 0 Å². The maximum absolute atomic E-state index is 12.7. The molecular formula is C14H21FN2. The van der Waals surface area contributed by atoms with E-state index in [0.717, 1.165) is 18.0 Å². The zero-order chi connectivity index (χ0) is 12.5. The highest BCUT2D eigenvalue weighted by Gasteiger charge is 2.31. The van der Waals surface area contributed by atoms with Crippen LogP contribution in [-0.4, -0.2) is 11.0 Å². The SMILES string of the molecule is CC1CC(Nc2ccc(F)nc2)CC(C)(C)C1. The molecule has 1 N–H and O–H groups in total. The first-order valence-electron chi connectivity index (χ1n) is 6.33. The Labute approximate surface area is 103 Å². The second kappa shape index (κ2) is 4.63. The van der Waals surface area contributed by atoms with Gasteiger partial charge in [-0.25, -0.2) is 4.98 Å². The third-order valence-corrected chi connectivity index (χ3v) is 3.49. The first-order valence-corrected chi connectivity index (χ1v) is 6.33. The average Bonchev–Trinajstić information content (AvgIpc) is 2.18. The number of hydrogen-bond donors (Lipinski definition) is 1. The molecule has 0 spiro atoms. The van der Waals surface area contributed by atoms with Gasteiger partial charge in [0.25, 0.3) is 0 Å². The summed E-state index contributed by atoms with van der Waals surface area (Å²) in [5.74, 6) is 0.317. The number of rotatable bonds is 2. The monoisotopic (exact) mass is 236 g/mol. The van der Waals surface area contributed by atoms with Crippen LogP contribution in [-0.2, 0) is 0 Å². The molecule has 0 radical (unpaired) electrons. The summed E-state index contributed by atoms with van der Waals surface area (Å²) in [7, 11) is 0. The number of nitrogens with zero attached hydrogens (tertiary/aromatic N) is 1. The lowest BCUT2D eigenvalue weighted by atomic mass is 9.70. The molecule has 1 fully saturated rings. The molecule has 0 amide bonds. The van der Waals surface area contributed by atoms with Crippen molar-refractivity contribution in [1.29, 1.82) is 0 Å². The van der Waals surface area contributed by atoms with E-state index in [4.69, 9.17) is 0 Å². The van der Waals surface area contributed by atoms with Gasteiger partial charge in [0.05, 0.1) is 11.9 Å². The number of halogens is 1. The first kappa shape index (κ1) is 12.3. The van der Waals surface area contributed by atoms with Gasteiger partial charge in [0.1, 0.15) is 0 Å². The molecule has 94 valence electrons. The Morgan fingerprint density at radius 2 is 2.12 bits per heavy atom. The Morgan fingerprint density at radius 1 is 1.35 bits per heavy atom. The third-order valence-electron chi connectivity index (χ3n) is 3.49. The molecule has 0 aliphatic heterocycles. The molecular weight excluding hydrogens is 215 g/mol. The molecule has 2 atom stereocenters. The summed E-state index contributed by atoms with van der Waals surface area (Å²) in [6.45, 7) is 6.94. The third kappa shape index (κ3) is 3.42.